The van der Waals surface area contributed by atoms with Gasteiger partial charge in [0.1, 0.15) is 30.5 Å². The number of ether oxygens (including phenoxy) is 4. The van der Waals surface area contributed by atoms with Gasteiger partial charge in [0, 0.05) is 5.56 Å². The van der Waals surface area contributed by atoms with Gasteiger partial charge in [0.25, 0.3) is 5.78 Å². The third-order valence-corrected chi connectivity index (χ3v) is 8.21. The average Bonchev–Trinajstić information content (AvgIpc) is 3.53. The highest BCUT2D eigenvalue weighted by atomic mass is 32.1. The van der Waals surface area contributed by atoms with E-state index in [0.717, 1.165) is 11.1 Å². The topological polar surface area (TPSA) is 107 Å². The molecule has 0 bridgehead atoms. The first-order valence-electron chi connectivity index (χ1n) is 13.7. The van der Waals surface area contributed by atoms with E-state index in [1.165, 1.54) is 16.2 Å². The Kier molecular flexibility index (Phi) is 7.47. The molecule has 1 aromatic heterocycles. The third kappa shape index (κ3) is 5.14. The molecule has 1 saturated heterocycles. The molecule has 0 radical (unpaired) electrons. The molecule has 2 aliphatic rings. The Morgan fingerprint density at radius 1 is 1.05 bits per heavy atom. The Hall–Kier alpha value is -4.57. The Labute approximate surface area is 246 Å². The lowest BCUT2D eigenvalue weighted by Crippen LogP contribution is -2.29. The van der Waals surface area contributed by atoms with E-state index in [9.17, 15) is 14.7 Å². The van der Waals surface area contributed by atoms with E-state index in [-0.39, 0.29) is 11.3 Å². The van der Waals surface area contributed by atoms with E-state index in [2.05, 4.69) is 13.8 Å². The number of amides is 1. The highest BCUT2D eigenvalue weighted by Gasteiger charge is 2.48. The van der Waals surface area contributed by atoms with Crippen molar-refractivity contribution in [1.29, 1.82) is 0 Å². The number of hydrogen-bond acceptors (Lipinski definition) is 9. The van der Waals surface area contributed by atoms with E-state index >= 15 is 0 Å². The number of methoxy groups -OCH3 is 1. The minimum absolute atomic E-state index is 0.0483. The van der Waals surface area contributed by atoms with Gasteiger partial charge in [-0.1, -0.05) is 37.3 Å². The molecule has 1 N–H and O–H groups in total. The number of carbonyl (C=O) groups is 2. The molecule has 0 aliphatic carbocycles. The van der Waals surface area contributed by atoms with Gasteiger partial charge in [0.2, 0.25) is 0 Å². The highest BCUT2D eigenvalue weighted by molar-refractivity contribution is 7.22. The van der Waals surface area contributed by atoms with Crippen LogP contribution in [0.3, 0.4) is 0 Å². The van der Waals surface area contributed by atoms with Crippen LogP contribution in [0.1, 0.15) is 37.4 Å². The molecule has 10 heteroatoms. The first kappa shape index (κ1) is 27.6. The van der Waals surface area contributed by atoms with Gasteiger partial charge in [-0.05, 0) is 66.4 Å². The summed E-state index contributed by atoms with van der Waals surface area (Å²) in [7, 11) is 1.58. The number of aromatic nitrogens is 1. The zero-order chi connectivity index (χ0) is 29.4. The zero-order valence-corrected chi connectivity index (χ0v) is 24.3. The van der Waals surface area contributed by atoms with Gasteiger partial charge < -0.3 is 24.1 Å². The van der Waals surface area contributed by atoms with E-state index in [1.54, 1.807) is 43.5 Å². The van der Waals surface area contributed by atoms with Crippen molar-refractivity contribution in [2.45, 2.75) is 26.3 Å². The fraction of sp³-hybridized carbons (Fsp3) is 0.281. The lowest BCUT2D eigenvalue weighted by Gasteiger charge is -2.24. The number of benzene rings is 3. The maximum absolute atomic E-state index is 13.7. The van der Waals surface area contributed by atoms with Crippen LogP contribution < -0.4 is 23.8 Å². The molecule has 42 heavy (non-hydrogen) atoms. The number of aliphatic hydroxyl groups is 1. The number of ketones is 1. The van der Waals surface area contributed by atoms with Gasteiger partial charge in [0.15, 0.2) is 16.6 Å². The molecule has 4 aromatic rings. The number of anilines is 1. The monoisotopic (exact) mass is 586 g/mol. The van der Waals surface area contributed by atoms with Crippen molar-refractivity contribution in [2.24, 2.45) is 5.92 Å². The number of thiazole rings is 1. The van der Waals surface area contributed by atoms with Gasteiger partial charge in [-0.2, -0.15) is 0 Å². The summed E-state index contributed by atoms with van der Waals surface area (Å²) in [6.45, 7) is 5.57. The van der Waals surface area contributed by atoms with Gasteiger partial charge in [-0.3, -0.25) is 14.5 Å². The Morgan fingerprint density at radius 3 is 2.64 bits per heavy atom. The molecule has 216 valence electrons. The van der Waals surface area contributed by atoms with E-state index < -0.39 is 17.7 Å². The van der Waals surface area contributed by atoms with Crippen LogP contribution in [-0.2, 0) is 9.59 Å². The van der Waals surface area contributed by atoms with Crippen LogP contribution >= 0.6 is 11.3 Å². The summed E-state index contributed by atoms with van der Waals surface area (Å²) in [5.41, 5.74) is 1.55. The molecule has 1 amide bonds. The van der Waals surface area contributed by atoms with Crippen LogP contribution in [0.2, 0.25) is 0 Å². The number of rotatable bonds is 8. The van der Waals surface area contributed by atoms with Crippen molar-refractivity contribution in [3.8, 4) is 23.0 Å². The molecule has 6 rings (SSSR count). The van der Waals surface area contributed by atoms with E-state index in [0.29, 0.717) is 70.5 Å². The van der Waals surface area contributed by atoms with Crippen molar-refractivity contribution in [2.75, 3.05) is 31.8 Å². The first-order valence-corrected chi connectivity index (χ1v) is 14.5. The number of hydrogen-bond donors (Lipinski definition) is 1. The summed E-state index contributed by atoms with van der Waals surface area (Å²) in [6.07, 6.45) is 0.877. The van der Waals surface area contributed by atoms with Crippen molar-refractivity contribution in [3.05, 3.63) is 77.4 Å². The molecule has 3 heterocycles. The molecule has 0 unspecified atom stereocenters. The summed E-state index contributed by atoms with van der Waals surface area (Å²) in [5.74, 6) is 0.832. The lowest BCUT2D eigenvalue weighted by molar-refractivity contribution is -0.132. The van der Waals surface area contributed by atoms with E-state index in [1.807, 2.05) is 24.3 Å². The molecule has 0 saturated carbocycles. The second-order valence-corrected chi connectivity index (χ2v) is 11.5. The lowest BCUT2D eigenvalue weighted by atomic mass is 9.95. The molecule has 0 spiro atoms. The molecule has 9 nitrogen and oxygen atoms in total. The van der Waals surface area contributed by atoms with E-state index in [4.69, 9.17) is 23.9 Å². The number of Topliss-reactive ketones (excluding diaryl/α,β-unsaturated/α-hetero) is 1. The molecule has 3 aromatic carbocycles. The number of carbonyl (C=O) groups excluding carboxylic acids is 2. The summed E-state index contributed by atoms with van der Waals surface area (Å²) >= 11 is 1.27. The van der Waals surface area contributed by atoms with Crippen LogP contribution in [0, 0.1) is 5.92 Å². The fourth-order valence-corrected chi connectivity index (χ4v) is 6.02. The molecular formula is C32H30N2O7S. The van der Waals surface area contributed by atoms with Gasteiger partial charge in [-0.25, -0.2) is 4.98 Å². The van der Waals surface area contributed by atoms with Crippen molar-refractivity contribution < 1.29 is 33.6 Å². The van der Waals surface area contributed by atoms with Crippen LogP contribution in [0.15, 0.2) is 66.2 Å². The molecule has 2 aliphatic heterocycles. The highest BCUT2D eigenvalue weighted by Crippen LogP contribution is 2.46. The second-order valence-electron chi connectivity index (χ2n) is 10.5. The number of nitrogens with zero attached hydrogens (tertiary/aromatic N) is 2. The Balaban J connectivity index is 1.48. The SMILES string of the molecule is COc1ccc2nc(N3C(=O)C(=O)C(=C(O)c4ccc5c(c4)OCCO5)[C@H]3c3cccc(OCCC(C)C)c3)sc2c1. The van der Waals surface area contributed by atoms with Crippen LogP contribution in [0.25, 0.3) is 16.0 Å². The summed E-state index contributed by atoms with van der Waals surface area (Å²) in [5, 5.41) is 11.9. The second kappa shape index (κ2) is 11.4. The Morgan fingerprint density at radius 2 is 1.86 bits per heavy atom. The maximum Gasteiger partial charge on any atom is 0.301 e. The van der Waals surface area contributed by atoms with Crippen LogP contribution in [0.4, 0.5) is 5.13 Å². The van der Waals surface area contributed by atoms with Crippen LogP contribution in [0.5, 0.6) is 23.0 Å². The quantitative estimate of drug-likeness (QED) is 0.149. The molecule has 1 fully saturated rings. The molecule has 1 atom stereocenters. The number of aliphatic hydroxyl groups excluding tert-OH is 1. The van der Waals surface area contributed by atoms with Crippen molar-refractivity contribution in [1.82, 2.24) is 4.98 Å². The average molecular weight is 587 g/mol. The van der Waals surface area contributed by atoms with Gasteiger partial charge in [0.05, 0.1) is 35.5 Å². The van der Waals surface area contributed by atoms with Crippen molar-refractivity contribution >= 4 is 44.1 Å². The van der Waals surface area contributed by atoms with Gasteiger partial charge in [-0.15, -0.1) is 0 Å². The smallest absolute Gasteiger partial charge is 0.301 e. The minimum Gasteiger partial charge on any atom is -0.507 e. The first-order chi connectivity index (χ1) is 20.3. The molecular weight excluding hydrogens is 556 g/mol. The minimum atomic E-state index is -0.950. The fourth-order valence-electron chi connectivity index (χ4n) is 5.00. The summed E-state index contributed by atoms with van der Waals surface area (Å²) in [4.78, 5) is 33.4. The van der Waals surface area contributed by atoms with Gasteiger partial charge >= 0.3 is 5.91 Å². The van der Waals surface area contributed by atoms with Crippen LogP contribution in [-0.4, -0.2) is 48.7 Å². The standard InChI is InChI=1S/C32H30N2O7S/c1-18(2)11-12-39-22-6-4-5-19(15-22)28-27(29(35)20-7-10-24-25(16-20)41-14-13-40-24)30(36)31(37)34(28)32-33-23-9-8-21(38-3)17-26(23)42-32/h4-10,15-18,28,35H,11-14H2,1-3H3/t28-/m1/s1. The summed E-state index contributed by atoms with van der Waals surface area (Å²) in [6, 6.07) is 16.7. The van der Waals surface area contributed by atoms with Crippen molar-refractivity contribution in [3.63, 3.8) is 0 Å². The third-order valence-electron chi connectivity index (χ3n) is 7.19. The predicted octanol–water partition coefficient (Wildman–Crippen LogP) is 6.13. The normalized spacial score (nSPS) is 17.7. The maximum atomic E-state index is 13.7. The zero-order valence-electron chi connectivity index (χ0n) is 23.5. The summed E-state index contributed by atoms with van der Waals surface area (Å²) < 4.78 is 23.5. The number of fused-ring (bicyclic) bond motifs is 2. The predicted molar refractivity (Wildman–Crippen MR) is 160 cm³/mol. The largest absolute Gasteiger partial charge is 0.507 e. The Bertz CT molecular complexity index is 1710.